The van der Waals surface area contributed by atoms with Gasteiger partial charge < -0.3 is 5.32 Å². The van der Waals surface area contributed by atoms with Crippen LogP contribution in [0.3, 0.4) is 0 Å². The lowest BCUT2D eigenvalue weighted by atomic mass is 10.1. The van der Waals surface area contributed by atoms with E-state index in [0.717, 1.165) is 12.1 Å². The van der Waals surface area contributed by atoms with Crippen molar-refractivity contribution in [2.45, 2.75) is 12.6 Å². The molecular formula is C17H12ClF3N4O. The Morgan fingerprint density at radius 1 is 1.08 bits per heavy atom. The van der Waals surface area contributed by atoms with Crippen molar-refractivity contribution in [3.8, 4) is 0 Å². The Labute approximate surface area is 150 Å². The Kier molecular flexibility index (Phi) is 4.94. The van der Waals surface area contributed by atoms with Gasteiger partial charge in [-0.15, -0.1) is 10.2 Å². The summed E-state index contributed by atoms with van der Waals surface area (Å²) in [5.74, 6) is -0.0581. The number of rotatable bonds is 4. The molecule has 0 fully saturated rings. The average molecular weight is 381 g/mol. The van der Waals surface area contributed by atoms with Gasteiger partial charge in [0, 0.05) is 17.1 Å². The molecule has 26 heavy (non-hydrogen) atoms. The highest BCUT2D eigenvalue weighted by Gasteiger charge is 2.30. The van der Waals surface area contributed by atoms with Gasteiger partial charge in [0.2, 0.25) is 5.95 Å². The van der Waals surface area contributed by atoms with Crippen molar-refractivity contribution in [3.05, 3.63) is 80.7 Å². The van der Waals surface area contributed by atoms with Gasteiger partial charge in [-0.3, -0.25) is 9.78 Å². The Balaban J connectivity index is 1.80. The van der Waals surface area contributed by atoms with Crippen LogP contribution < -0.4 is 10.9 Å². The highest BCUT2D eigenvalue weighted by molar-refractivity contribution is 6.31. The molecule has 0 atom stereocenters. The van der Waals surface area contributed by atoms with Crippen LogP contribution >= 0.6 is 11.6 Å². The number of hydrogen-bond donors (Lipinski definition) is 2. The van der Waals surface area contributed by atoms with Crippen LogP contribution in [0.1, 0.15) is 16.8 Å². The number of hydrogen-bond acceptors (Lipinski definition) is 4. The maximum Gasteiger partial charge on any atom is 0.416 e. The molecular weight excluding hydrogens is 369 g/mol. The molecule has 1 aromatic heterocycles. The lowest BCUT2D eigenvalue weighted by Gasteiger charge is -2.10. The molecule has 0 amide bonds. The fourth-order valence-electron chi connectivity index (χ4n) is 2.26. The van der Waals surface area contributed by atoms with Crippen LogP contribution in [0.15, 0.2) is 53.3 Å². The first-order chi connectivity index (χ1) is 12.3. The number of nitrogens with zero attached hydrogens (tertiary/aromatic N) is 2. The molecule has 0 radical (unpaired) electrons. The minimum absolute atomic E-state index is 0.0581. The van der Waals surface area contributed by atoms with E-state index in [1.165, 1.54) is 12.1 Å². The number of alkyl halides is 3. The summed E-state index contributed by atoms with van der Waals surface area (Å²) in [4.78, 5) is 14.6. The molecule has 0 spiro atoms. The first-order valence-electron chi connectivity index (χ1n) is 7.46. The summed E-state index contributed by atoms with van der Waals surface area (Å²) >= 11 is 6.05. The van der Waals surface area contributed by atoms with Crippen molar-refractivity contribution in [2.75, 3.05) is 5.32 Å². The van der Waals surface area contributed by atoms with Crippen molar-refractivity contribution in [3.63, 3.8) is 0 Å². The first kappa shape index (κ1) is 17.9. The van der Waals surface area contributed by atoms with Gasteiger partial charge in [0.15, 0.2) is 0 Å². The molecule has 3 aromatic rings. The zero-order chi connectivity index (χ0) is 18.7. The molecule has 0 saturated heterocycles. The third-order valence-corrected chi connectivity index (χ3v) is 3.90. The fourth-order valence-corrected chi connectivity index (χ4v) is 2.47. The van der Waals surface area contributed by atoms with Gasteiger partial charge in [-0.25, -0.2) is 0 Å². The number of aromatic nitrogens is 3. The molecule has 0 aliphatic rings. The van der Waals surface area contributed by atoms with Crippen LogP contribution in [0.5, 0.6) is 0 Å². The van der Waals surface area contributed by atoms with E-state index in [2.05, 4.69) is 20.5 Å². The topological polar surface area (TPSA) is 70.7 Å². The minimum atomic E-state index is -4.46. The van der Waals surface area contributed by atoms with E-state index in [0.29, 0.717) is 10.6 Å². The molecule has 2 aromatic carbocycles. The Morgan fingerprint density at radius 2 is 1.85 bits per heavy atom. The number of H-pyrrole nitrogens is 1. The second-order valence-corrected chi connectivity index (χ2v) is 5.83. The molecule has 1 heterocycles. The third kappa shape index (κ3) is 4.20. The average Bonchev–Trinajstić information content (AvgIpc) is 2.59. The fraction of sp³-hybridized carbons (Fsp3) is 0.118. The molecule has 0 aliphatic heterocycles. The Hall–Kier alpha value is -2.87. The summed E-state index contributed by atoms with van der Waals surface area (Å²) in [5.41, 5.74) is -0.327. The highest BCUT2D eigenvalue weighted by atomic mass is 35.5. The molecule has 0 bridgehead atoms. The Morgan fingerprint density at radius 3 is 2.54 bits per heavy atom. The second-order valence-electron chi connectivity index (χ2n) is 5.42. The van der Waals surface area contributed by atoms with Gasteiger partial charge >= 0.3 is 6.18 Å². The molecule has 3 rings (SSSR count). The molecule has 2 N–H and O–H groups in total. The molecule has 0 unspecified atom stereocenters. The summed E-state index contributed by atoms with van der Waals surface area (Å²) in [7, 11) is 0. The van der Waals surface area contributed by atoms with Gasteiger partial charge in [0.05, 0.1) is 5.56 Å². The maximum absolute atomic E-state index is 12.7. The predicted molar refractivity (Wildman–Crippen MR) is 91.6 cm³/mol. The van der Waals surface area contributed by atoms with Gasteiger partial charge in [-0.05, 0) is 29.8 Å². The van der Waals surface area contributed by atoms with Crippen LogP contribution in [0.25, 0.3) is 0 Å². The zero-order valence-corrected chi connectivity index (χ0v) is 13.9. The molecule has 0 saturated carbocycles. The van der Waals surface area contributed by atoms with Gasteiger partial charge in [-0.1, -0.05) is 35.9 Å². The van der Waals surface area contributed by atoms with E-state index < -0.39 is 17.3 Å². The standard InChI is InChI=1S/C17H12ClF3N4O/c18-13-7-2-1-4-10(13)8-14-15(26)23-16(25-24-14)22-12-6-3-5-11(9-12)17(19,20)21/h1-7,9H,8H2,(H2,22,23,25,26). The normalized spacial score (nSPS) is 11.4. The van der Waals surface area contributed by atoms with Crippen LogP contribution in [0, 0.1) is 0 Å². The smallest absolute Gasteiger partial charge is 0.324 e. The van der Waals surface area contributed by atoms with Crippen LogP contribution in [0.2, 0.25) is 5.02 Å². The second kappa shape index (κ2) is 7.17. The van der Waals surface area contributed by atoms with Crippen LogP contribution in [0.4, 0.5) is 24.8 Å². The van der Waals surface area contributed by atoms with E-state index in [9.17, 15) is 18.0 Å². The molecule has 0 aliphatic carbocycles. The van der Waals surface area contributed by atoms with Crippen molar-refractivity contribution in [1.29, 1.82) is 0 Å². The number of anilines is 2. The molecule has 9 heteroatoms. The largest absolute Gasteiger partial charge is 0.416 e. The summed E-state index contributed by atoms with van der Waals surface area (Å²) in [6.07, 6.45) is -4.28. The monoisotopic (exact) mass is 380 g/mol. The van der Waals surface area contributed by atoms with Crippen molar-refractivity contribution in [2.24, 2.45) is 0 Å². The van der Waals surface area contributed by atoms with Crippen molar-refractivity contribution < 1.29 is 13.2 Å². The van der Waals surface area contributed by atoms with E-state index in [1.54, 1.807) is 24.3 Å². The maximum atomic E-state index is 12.7. The van der Waals surface area contributed by atoms with Crippen LogP contribution in [-0.4, -0.2) is 15.2 Å². The number of aromatic amines is 1. The van der Waals surface area contributed by atoms with E-state index in [-0.39, 0.29) is 23.8 Å². The van der Waals surface area contributed by atoms with Gasteiger partial charge in [-0.2, -0.15) is 13.2 Å². The predicted octanol–water partition coefficient (Wildman–Crippen LogP) is 4.17. The van der Waals surface area contributed by atoms with Crippen molar-refractivity contribution >= 4 is 23.2 Å². The van der Waals surface area contributed by atoms with Gasteiger partial charge in [0.25, 0.3) is 5.56 Å². The Bertz CT molecular complexity index is 988. The molecule has 5 nitrogen and oxygen atoms in total. The van der Waals surface area contributed by atoms with Crippen molar-refractivity contribution in [1.82, 2.24) is 15.2 Å². The van der Waals surface area contributed by atoms with E-state index in [1.807, 2.05) is 0 Å². The third-order valence-electron chi connectivity index (χ3n) is 3.53. The zero-order valence-electron chi connectivity index (χ0n) is 13.1. The van der Waals surface area contributed by atoms with E-state index >= 15 is 0 Å². The number of benzene rings is 2. The number of halogens is 4. The highest BCUT2D eigenvalue weighted by Crippen LogP contribution is 2.31. The quantitative estimate of drug-likeness (QED) is 0.712. The summed E-state index contributed by atoms with van der Waals surface area (Å²) in [6.45, 7) is 0. The lowest BCUT2D eigenvalue weighted by Crippen LogP contribution is -2.19. The van der Waals surface area contributed by atoms with E-state index in [4.69, 9.17) is 11.6 Å². The molecule has 134 valence electrons. The summed E-state index contributed by atoms with van der Waals surface area (Å²) in [6, 6.07) is 11.6. The number of nitrogens with one attached hydrogen (secondary N) is 2. The summed E-state index contributed by atoms with van der Waals surface area (Å²) < 4.78 is 38.2. The van der Waals surface area contributed by atoms with Gasteiger partial charge in [0.1, 0.15) is 5.69 Å². The SMILES string of the molecule is O=c1[nH]c(Nc2cccc(C(F)(F)F)c2)nnc1Cc1ccccc1Cl. The lowest BCUT2D eigenvalue weighted by molar-refractivity contribution is -0.137. The first-order valence-corrected chi connectivity index (χ1v) is 7.84. The summed E-state index contributed by atoms with van der Waals surface area (Å²) in [5, 5.41) is 10.8. The van der Waals surface area contributed by atoms with Crippen LogP contribution in [-0.2, 0) is 12.6 Å². The minimum Gasteiger partial charge on any atom is -0.324 e.